The van der Waals surface area contributed by atoms with Gasteiger partial charge < -0.3 is 30.3 Å². The van der Waals surface area contributed by atoms with E-state index in [0.29, 0.717) is 64.4 Å². The third-order valence-corrected chi connectivity index (χ3v) is 11.0. The van der Waals surface area contributed by atoms with E-state index in [1.807, 2.05) is 35.2 Å². The number of benzene rings is 1. The summed E-state index contributed by atoms with van der Waals surface area (Å²) >= 11 is 0. The largest absolute Gasteiger partial charge is 0.508 e. The van der Waals surface area contributed by atoms with Gasteiger partial charge in [0.2, 0.25) is 21.8 Å². The van der Waals surface area contributed by atoms with E-state index in [1.165, 1.54) is 11.3 Å². The summed E-state index contributed by atoms with van der Waals surface area (Å²) in [6.07, 6.45) is 8.44. The maximum atomic E-state index is 13.6. The number of piperidine rings is 1. The Kier molecular flexibility index (Phi) is 14.9. The Labute approximate surface area is 308 Å². The fraction of sp³-hybridized carbons (Fsp3) is 0.703. The molecule has 290 valence electrons. The van der Waals surface area contributed by atoms with E-state index >= 15 is 0 Å². The number of guanidine groups is 1. The highest BCUT2D eigenvalue weighted by Crippen LogP contribution is 2.27. The second-order valence-electron chi connectivity index (χ2n) is 15.4. The maximum Gasteiger partial charge on any atom is 0.508 e. The molecule has 1 unspecified atom stereocenters. The van der Waals surface area contributed by atoms with E-state index < -0.39 is 51.6 Å². The molecule has 4 N–H and O–H groups in total. The molecule has 14 nitrogen and oxygen atoms in total. The van der Waals surface area contributed by atoms with Gasteiger partial charge in [-0.3, -0.25) is 14.4 Å². The molecule has 3 atom stereocenters. The Morgan fingerprint density at radius 1 is 0.962 bits per heavy atom. The van der Waals surface area contributed by atoms with Crippen LogP contribution < -0.4 is 15.8 Å². The number of hydrogen-bond donors (Lipinski definition) is 3. The number of carbonyl (C=O) groups excluding carboxylic acids is 4. The van der Waals surface area contributed by atoms with Crippen molar-refractivity contribution in [1.82, 2.24) is 19.8 Å². The highest BCUT2D eigenvalue weighted by molar-refractivity contribution is 7.88. The summed E-state index contributed by atoms with van der Waals surface area (Å²) in [7, 11) is -3.68. The first-order valence-corrected chi connectivity index (χ1v) is 20.6. The summed E-state index contributed by atoms with van der Waals surface area (Å²) < 4.78 is 37.5. The first-order valence-electron chi connectivity index (χ1n) is 18.7. The summed E-state index contributed by atoms with van der Waals surface area (Å²) in [4.78, 5) is 59.8. The summed E-state index contributed by atoms with van der Waals surface area (Å²) in [5, 5.41) is 3.02. The van der Waals surface area contributed by atoms with Gasteiger partial charge in [0.1, 0.15) is 18.2 Å². The highest BCUT2D eigenvalue weighted by Gasteiger charge is 2.38. The van der Waals surface area contributed by atoms with Crippen molar-refractivity contribution in [3.63, 3.8) is 0 Å². The van der Waals surface area contributed by atoms with Crippen LogP contribution in [0, 0.1) is 17.3 Å². The lowest BCUT2D eigenvalue weighted by molar-refractivity contribution is -0.139. The summed E-state index contributed by atoms with van der Waals surface area (Å²) in [6, 6.07) is 7.47. The Bertz CT molecular complexity index is 1510. The van der Waals surface area contributed by atoms with Crippen molar-refractivity contribution >= 4 is 39.9 Å². The molecule has 52 heavy (non-hydrogen) atoms. The number of ether oxygens (including phenoxy) is 2. The van der Waals surface area contributed by atoms with E-state index in [0.717, 1.165) is 37.5 Å². The summed E-state index contributed by atoms with van der Waals surface area (Å²) in [5.74, 6) is -0.390. The Morgan fingerprint density at radius 2 is 1.63 bits per heavy atom. The van der Waals surface area contributed by atoms with Gasteiger partial charge in [-0.1, -0.05) is 63.4 Å². The number of hydrogen-bond acceptors (Lipinski definition) is 8. The van der Waals surface area contributed by atoms with Crippen LogP contribution in [-0.2, 0) is 40.3 Å². The van der Waals surface area contributed by atoms with Crippen molar-refractivity contribution in [2.24, 2.45) is 28.0 Å². The standard InChI is InChI=1S/C37H58N6O8S/c1-26(51-36(47)50-25-29-14-9-6-10-15-29)23-37(2,3)34(46)40-35(38)42-20-17-28(18-21-42)24-39-32(44)31-16-11-19-43(31)33(45)30(41-52(4,48)49)22-27-12-7-5-8-13-27/h5,7-8,12-13,26,28-31,41H,6,9-11,14-25H2,1-4H3,(H,39,44)(H2,38,40,46)/t26?,30-,31+/m1/s1. The fourth-order valence-corrected chi connectivity index (χ4v) is 8.13. The molecule has 1 aromatic carbocycles. The Balaban J connectivity index is 1.21. The number of rotatable bonds is 14. The molecule has 0 radical (unpaired) electrons. The maximum absolute atomic E-state index is 13.6. The first kappa shape index (κ1) is 41.0. The van der Waals surface area contributed by atoms with Crippen molar-refractivity contribution in [3.8, 4) is 0 Å². The lowest BCUT2D eigenvalue weighted by atomic mass is 9.86. The van der Waals surface area contributed by atoms with Gasteiger partial charge in [0.15, 0.2) is 5.96 Å². The molecule has 2 saturated heterocycles. The molecule has 2 heterocycles. The molecule has 1 saturated carbocycles. The monoisotopic (exact) mass is 746 g/mol. The van der Waals surface area contributed by atoms with Crippen LogP contribution in [-0.4, -0.2) is 105 Å². The van der Waals surface area contributed by atoms with Crippen molar-refractivity contribution in [1.29, 1.82) is 0 Å². The highest BCUT2D eigenvalue weighted by atomic mass is 32.2. The van der Waals surface area contributed by atoms with Gasteiger partial charge in [-0.15, -0.1) is 0 Å². The van der Waals surface area contributed by atoms with Gasteiger partial charge in [-0.25, -0.2) is 17.9 Å². The molecule has 3 aliphatic rings. The fourth-order valence-electron chi connectivity index (χ4n) is 7.43. The molecule has 3 amide bonds. The molecule has 2 aliphatic heterocycles. The lowest BCUT2D eigenvalue weighted by Crippen LogP contribution is -2.54. The van der Waals surface area contributed by atoms with Crippen LogP contribution in [0.15, 0.2) is 35.3 Å². The number of carbonyl (C=O) groups is 4. The van der Waals surface area contributed by atoms with Crippen LogP contribution in [0.25, 0.3) is 0 Å². The van der Waals surface area contributed by atoms with Crippen LogP contribution in [0.1, 0.15) is 90.5 Å². The molecule has 4 rings (SSSR count). The van der Waals surface area contributed by atoms with Crippen LogP contribution >= 0.6 is 0 Å². The molecule has 0 aromatic heterocycles. The molecule has 15 heteroatoms. The first-order chi connectivity index (χ1) is 24.6. The number of aliphatic imine (C=N–C) groups is 1. The molecule has 1 aliphatic carbocycles. The van der Waals surface area contributed by atoms with Crippen LogP contribution in [0.5, 0.6) is 0 Å². The number of amides is 3. The quantitative estimate of drug-likeness (QED) is 0.145. The van der Waals surface area contributed by atoms with Gasteiger partial charge in [0.05, 0.1) is 12.9 Å². The second-order valence-corrected chi connectivity index (χ2v) is 17.1. The van der Waals surface area contributed by atoms with E-state index in [1.54, 1.807) is 20.8 Å². The second kappa shape index (κ2) is 18.9. The zero-order valence-corrected chi connectivity index (χ0v) is 32.0. The summed E-state index contributed by atoms with van der Waals surface area (Å²) in [5.41, 5.74) is 6.16. The Hall–Kier alpha value is -3.72. The van der Waals surface area contributed by atoms with Gasteiger partial charge in [-0.2, -0.15) is 4.99 Å². The van der Waals surface area contributed by atoms with Crippen molar-refractivity contribution in [2.75, 3.05) is 39.0 Å². The molecular formula is C37H58N6O8S. The number of likely N-dealkylation sites (tertiary alicyclic amines) is 2. The topological polar surface area (TPSA) is 190 Å². The number of nitrogens with two attached hydrogens (primary N) is 1. The molecule has 1 aromatic rings. The van der Waals surface area contributed by atoms with Crippen molar-refractivity contribution < 1.29 is 37.1 Å². The van der Waals surface area contributed by atoms with Crippen LogP contribution in [0.3, 0.4) is 0 Å². The van der Waals surface area contributed by atoms with Gasteiger partial charge in [0, 0.05) is 31.6 Å². The normalized spacial score (nSPS) is 20.6. The zero-order chi connectivity index (χ0) is 37.9. The van der Waals surface area contributed by atoms with E-state index in [-0.39, 0.29) is 30.6 Å². The third-order valence-electron chi connectivity index (χ3n) is 10.3. The number of nitrogens with one attached hydrogen (secondary N) is 2. The molecule has 3 fully saturated rings. The van der Waals surface area contributed by atoms with E-state index in [2.05, 4.69) is 15.0 Å². The predicted molar refractivity (Wildman–Crippen MR) is 197 cm³/mol. The minimum Gasteiger partial charge on any atom is -0.434 e. The smallest absolute Gasteiger partial charge is 0.434 e. The van der Waals surface area contributed by atoms with E-state index in [9.17, 15) is 27.6 Å². The van der Waals surface area contributed by atoms with Gasteiger partial charge in [-0.05, 0) is 75.7 Å². The zero-order valence-electron chi connectivity index (χ0n) is 31.2. The minimum atomic E-state index is -3.68. The minimum absolute atomic E-state index is 0.133. The van der Waals surface area contributed by atoms with Gasteiger partial charge in [0.25, 0.3) is 5.91 Å². The van der Waals surface area contributed by atoms with Crippen molar-refractivity contribution in [3.05, 3.63) is 35.9 Å². The predicted octanol–water partition coefficient (Wildman–Crippen LogP) is 3.35. The molecule has 0 spiro atoms. The average Bonchev–Trinajstić information content (AvgIpc) is 3.60. The van der Waals surface area contributed by atoms with Gasteiger partial charge >= 0.3 is 6.16 Å². The summed E-state index contributed by atoms with van der Waals surface area (Å²) in [6.45, 7) is 7.50. The average molecular weight is 747 g/mol. The molecular weight excluding hydrogens is 689 g/mol. The van der Waals surface area contributed by atoms with E-state index in [4.69, 9.17) is 15.2 Å². The molecule has 0 bridgehead atoms. The number of sulfonamides is 1. The van der Waals surface area contributed by atoms with Crippen LogP contribution in [0.2, 0.25) is 0 Å². The Morgan fingerprint density at radius 3 is 2.29 bits per heavy atom. The lowest BCUT2D eigenvalue weighted by Gasteiger charge is -2.33. The SMILES string of the molecule is CC(CC(C)(C)C(=O)N=C(N)N1CCC(CNC(=O)[C@@H]2CCCN2C(=O)[C@@H](Cc2ccccc2)NS(C)(=O)=O)CC1)OC(=O)OCC1CCCCC1. The van der Waals surface area contributed by atoms with Crippen molar-refractivity contribution in [2.45, 2.75) is 110 Å². The van der Waals surface area contributed by atoms with Crippen LogP contribution in [0.4, 0.5) is 4.79 Å². The third kappa shape index (κ3) is 12.7. The number of nitrogens with zero attached hydrogens (tertiary/aromatic N) is 3.